The van der Waals surface area contributed by atoms with E-state index in [-0.39, 0.29) is 17.8 Å². The zero-order valence-corrected chi connectivity index (χ0v) is 19.3. The monoisotopic (exact) mass is 421 g/mol. The van der Waals surface area contributed by atoms with E-state index in [1.807, 2.05) is 0 Å². The first-order valence-electron chi connectivity index (χ1n) is 12.0. The minimum absolute atomic E-state index is 0.0495. The number of amides is 2. The molecule has 1 aliphatic carbocycles. The molecule has 2 amide bonds. The average molecular weight is 422 g/mol. The third kappa shape index (κ3) is 9.02. The van der Waals surface area contributed by atoms with Gasteiger partial charge in [-0.3, -0.25) is 20.3 Å². The van der Waals surface area contributed by atoms with Crippen LogP contribution < -0.4 is 16.0 Å². The summed E-state index contributed by atoms with van der Waals surface area (Å²) < 4.78 is 0. The van der Waals surface area contributed by atoms with E-state index in [1.165, 1.54) is 19.3 Å². The summed E-state index contributed by atoms with van der Waals surface area (Å²) >= 11 is 0. The Balaban J connectivity index is 1.82. The summed E-state index contributed by atoms with van der Waals surface area (Å²) in [7, 11) is 0. The predicted molar refractivity (Wildman–Crippen MR) is 121 cm³/mol. The second-order valence-corrected chi connectivity index (χ2v) is 9.58. The molecule has 1 saturated carbocycles. The van der Waals surface area contributed by atoms with E-state index in [0.29, 0.717) is 30.7 Å². The van der Waals surface area contributed by atoms with E-state index in [9.17, 15) is 9.59 Å². The van der Waals surface area contributed by atoms with Crippen molar-refractivity contribution >= 4 is 17.8 Å². The van der Waals surface area contributed by atoms with Gasteiger partial charge >= 0.3 is 0 Å². The van der Waals surface area contributed by atoms with Crippen molar-refractivity contribution in [3.63, 3.8) is 0 Å². The molecule has 7 nitrogen and oxygen atoms in total. The fourth-order valence-electron chi connectivity index (χ4n) is 4.59. The van der Waals surface area contributed by atoms with Crippen molar-refractivity contribution in [3.8, 4) is 0 Å². The molecular weight excluding hydrogens is 378 g/mol. The number of likely N-dealkylation sites (tertiary alicyclic amines) is 1. The number of hydrogen-bond donors (Lipinski definition) is 4. The molecule has 1 aliphatic heterocycles. The van der Waals surface area contributed by atoms with E-state index in [0.717, 1.165) is 51.7 Å². The van der Waals surface area contributed by atoms with Crippen molar-refractivity contribution in [2.75, 3.05) is 26.2 Å². The van der Waals surface area contributed by atoms with Gasteiger partial charge in [-0.05, 0) is 56.7 Å². The van der Waals surface area contributed by atoms with Crippen molar-refractivity contribution in [2.45, 2.75) is 84.6 Å². The Hall–Kier alpha value is -1.63. The number of rotatable bonds is 9. The highest BCUT2D eigenvalue weighted by Gasteiger charge is 2.26. The summed E-state index contributed by atoms with van der Waals surface area (Å²) in [6, 6.07) is -0.465. The zero-order chi connectivity index (χ0) is 21.9. The van der Waals surface area contributed by atoms with Gasteiger partial charge in [-0.1, -0.05) is 52.9 Å². The fraction of sp³-hybridized carbons (Fsp3) is 0.870. The smallest absolute Gasteiger partial charge is 0.242 e. The Morgan fingerprint density at radius 2 is 1.70 bits per heavy atom. The molecule has 0 aromatic heterocycles. The SMILES string of the molecule is CCN1CCC(CC(=O)NC(=N)N[C@H](CC2CCCCC2)C(=O)NCC(C)C)CC1. The third-order valence-electron chi connectivity index (χ3n) is 6.51. The minimum Gasteiger partial charge on any atom is -0.354 e. The van der Waals surface area contributed by atoms with Gasteiger partial charge in [0.2, 0.25) is 11.8 Å². The lowest BCUT2D eigenvalue weighted by molar-refractivity contribution is -0.124. The second-order valence-electron chi connectivity index (χ2n) is 9.58. The predicted octanol–water partition coefficient (Wildman–Crippen LogP) is 2.86. The first kappa shape index (κ1) is 24.6. The van der Waals surface area contributed by atoms with Crippen molar-refractivity contribution in [1.82, 2.24) is 20.9 Å². The van der Waals surface area contributed by atoms with Gasteiger partial charge in [0, 0.05) is 13.0 Å². The Bertz CT molecular complexity index is 552. The summed E-state index contributed by atoms with van der Waals surface area (Å²) in [5.74, 6) is 1.03. The highest BCUT2D eigenvalue weighted by Crippen LogP contribution is 2.27. The molecule has 30 heavy (non-hydrogen) atoms. The average Bonchev–Trinajstić information content (AvgIpc) is 2.72. The van der Waals surface area contributed by atoms with Crippen molar-refractivity contribution < 1.29 is 9.59 Å². The first-order valence-corrected chi connectivity index (χ1v) is 12.0. The molecular formula is C23H43N5O2. The molecule has 0 unspecified atom stereocenters. The lowest BCUT2D eigenvalue weighted by Gasteiger charge is -2.30. The van der Waals surface area contributed by atoms with Gasteiger partial charge in [-0.2, -0.15) is 0 Å². The number of hydrogen-bond acceptors (Lipinski definition) is 4. The van der Waals surface area contributed by atoms with Gasteiger partial charge in [0.1, 0.15) is 6.04 Å². The van der Waals surface area contributed by atoms with Gasteiger partial charge < -0.3 is 15.5 Å². The summed E-state index contributed by atoms with van der Waals surface area (Å²) in [6.07, 6.45) is 9.24. The number of nitrogens with zero attached hydrogens (tertiary/aromatic N) is 1. The lowest BCUT2D eigenvalue weighted by Crippen LogP contribution is -2.52. The Morgan fingerprint density at radius 1 is 1.03 bits per heavy atom. The van der Waals surface area contributed by atoms with Crippen LogP contribution in [0.25, 0.3) is 0 Å². The van der Waals surface area contributed by atoms with E-state index in [4.69, 9.17) is 5.41 Å². The number of guanidine groups is 1. The molecule has 2 rings (SSSR count). The molecule has 0 aromatic rings. The van der Waals surface area contributed by atoms with E-state index in [1.54, 1.807) is 0 Å². The largest absolute Gasteiger partial charge is 0.354 e. The molecule has 0 radical (unpaired) electrons. The molecule has 172 valence electrons. The topological polar surface area (TPSA) is 97.3 Å². The van der Waals surface area contributed by atoms with Crippen LogP contribution in [0.5, 0.6) is 0 Å². The van der Waals surface area contributed by atoms with Crippen molar-refractivity contribution in [1.29, 1.82) is 5.41 Å². The van der Waals surface area contributed by atoms with Crippen LogP contribution >= 0.6 is 0 Å². The highest BCUT2D eigenvalue weighted by molar-refractivity contribution is 5.97. The van der Waals surface area contributed by atoms with Crippen LogP contribution in [0.3, 0.4) is 0 Å². The van der Waals surface area contributed by atoms with Crippen LogP contribution in [-0.4, -0.2) is 54.9 Å². The van der Waals surface area contributed by atoms with Crippen molar-refractivity contribution in [2.24, 2.45) is 17.8 Å². The van der Waals surface area contributed by atoms with Gasteiger partial charge in [0.05, 0.1) is 0 Å². The molecule has 1 heterocycles. The summed E-state index contributed by atoms with van der Waals surface area (Å²) in [6.45, 7) is 10.1. The Labute approximate surface area is 182 Å². The van der Waals surface area contributed by atoms with Crippen molar-refractivity contribution in [3.05, 3.63) is 0 Å². The maximum absolute atomic E-state index is 12.7. The maximum atomic E-state index is 12.7. The first-order chi connectivity index (χ1) is 14.4. The minimum atomic E-state index is -0.465. The molecule has 2 fully saturated rings. The Kier molecular flexibility index (Phi) is 10.6. The zero-order valence-electron chi connectivity index (χ0n) is 19.3. The number of carbonyl (C=O) groups excluding carboxylic acids is 2. The van der Waals surface area contributed by atoms with Crippen LogP contribution in [0.2, 0.25) is 0 Å². The molecule has 7 heteroatoms. The lowest BCUT2D eigenvalue weighted by atomic mass is 9.84. The highest BCUT2D eigenvalue weighted by atomic mass is 16.2. The standard InChI is InChI=1S/C23H43N5O2/c1-4-28-12-10-19(11-13-28)15-21(29)27-23(24)26-20(22(30)25-16-17(2)3)14-18-8-6-5-7-9-18/h17-20H,4-16H2,1-3H3,(H,25,30)(H3,24,26,27,29)/t20-/m1/s1. The molecule has 0 spiro atoms. The number of piperidine rings is 1. The van der Waals surface area contributed by atoms with Gasteiger partial charge in [0.15, 0.2) is 5.96 Å². The second kappa shape index (κ2) is 12.9. The quantitative estimate of drug-likeness (QED) is 0.340. The van der Waals surface area contributed by atoms with Crippen LogP contribution in [-0.2, 0) is 9.59 Å². The summed E-state index contributed by atoms with van der Waals surface area (Å²) in [5.41, 5.74) is 0. The third-order valence-corrected chi connectivity index (χ3v) is 6.51. The summed E-state index contributed by atoms with van der Waals surface area (Å²) in [5, 5.41) is 16.9. The van der Waals surface area contributed by atoms with Gasteiger partial charge in [-0.15, -0.1) is 0 Å². The molecule has 0 bridgehead atoms. The van der Waals surface area contributed by atoms with E-state index >= 15 is 0 Å². The molecule has 4 N–H and O–H groups in total. The van der Waals surface area contributed by atoms with E-state index < -0.39 is 6.04 Å². The van der Waals surface area contributed by atoms with E-state index in [2.05, 4.69) is 41.6 Å². The van der Waals surface area contributed by atoms with Gasteiger partial charge in [0.25, 0.3) is 0 Å². The summed E-state index contributed by atoms with van der Waals surface area (Å²) in [4.78, 5) is 27.6. The Morgan fingerprint density at radius 3 is 2.30 bits per heavy atom. The molecule has 1 atom stereocenters. The number of nitrogens with one attached hydrogen (secondary N) is 4. The fourth-order valence-corrected chi connectivity index (χ4v) is 4.59. The van der Waals surface area contributed by atoms with Crippen LogP contribution in [0.1, 0.15) is 78.6 Å². The molecule has 0 aromatic carbocycles. The van der Waals surface area contributed by atoms with Crippen LogP contribution in [0, 0.1) is 23.2 Å². The maximum Gasteiger partial charge on any atom is 0.242 e. The van der Waals surface area contributed by atoms with Crippen LogP contribution in [0.15, 0.2) is 0 Å². The normalized spacial score (nSPS) is 20.0. The molecule has 2 aliphatic rings. The van der Waals surface area contributed by atoms with Gasteiger partial charge in [-0.25, -0.2) is 0 Å². The molecule has 1 saturated heterocycles. The van der Waals surface area contributed by atoms with Crippen LogP contribution in [0.4, 0.5) is 0 Å². The number of carbonyl (C=O) groups is 2.